The average Bonchev–Trinajstić information content (AvgIpc) is 3.98. The molecule has 0 heterocycles. The normalized spacial score (nSPS) is 13.4. The first-order valence-electron chi connectivity index (χ1n) is 26.3. The topological polar surface area (TPSA) is 3.24 Å². The van der Waals surface area contributed by atoms with E-state index in [-0.39, 0.29) is 19.5 Å². The zero-order valence-electron chi connectivity index (χ0n) is 46.2. The number of nitrogens with zero attached hydrogens (tertiary/aromatic N) is 1. The summed E-state index contributed by atoms with van der Waals surface area (Å²) < 4.78 is 59.2. The summed E-state index contributed by atoms with van der Waals surface area (Å²) in [7, 11) is -13.2. The largest absolute Gasteiger partial charge is 2.00 e. The molecule has 0 N–H and O–H groups in total. The maximum atomic E-state index is 9.87. The smallest absolute Gasteiger partial charge is 0.0762 e. The van der Waals surface area contributed by atoms with Gasteiger partial charge in [-0.15, -0.1) is 5.73 Å². The van der Waals surface area contributed by atoms with Gasteiger partial charge in [0.1, 0.15) is 0 Å². The summed E-state index contributed by atoms with van der Waals surface area (Å²) in [6.45, 7) is 17.6. The molecule has 0 aromatic heterocycles. The Labute approximate surface area is 494 Å². The van der Waals surface area contributed by atoms with Crippen molar-refractivity contribution in [1.29, 1.82) is 0 Å². The van der Waals surface area contributed by atoms with Crippen molar-refractivity contribution in [3.63, 3.8) is 0 Å². The van der Waals surface area contributed by atoms with Crippen LogP contribution in [0.1, 0.15) is 25.0 Å². The Bertz CT molecular complexity index is 2860. The fourth-order valence-electron chi connectivity index (χ4n) is 8.84. The number of halogens is 6. The second-order valence-corrected chi connectivity index (χ2v) is 30.6. The Morgan fingerprint density at radius 2 is 0.667 bits per heavy atom. The van der Waals surface area contributed by atoms with Crippen LogP contribution in [0.3, 0.4) is 0 Å². The number of benzene rings is 8. The molecule has 5 radical (unpaired) electrons. The van der Waals surface area contributed by atoms with Gasteiger partial charge >= 0.3 is 52.5 Å². The van der Waals surface area contributed by atoms with Gasteiger partial charge in [0.15, 0.2) is 0 Å². The molecular formula is C69H68F6NP3RuSi+. The summed E-state index contributed by atoms with van der Waals surface area (Å²) in [5.74, 6) is 2.66. The van der Waals surface area contributed by atoms with Crippen LogP contribution in [0.25, 0.3) is 5.57 Å². The van der Waals surface area contributed by atoms with Crippen molar-refractivity contribution in [3.8, 4) is 0 Å². The van der Waals surface area contributed by atoms with Crippen molar-refractivity contribution in [2.75, 3.05) is 13.1 Å². The maximum Gasteiger partial charge on any atom is 2.00 e. The summed E-state index contributed by atoms with van der Waals surface area (Å²) in [5.41, 5.74) is 8.31. The van der Waals surface area contributed by atoms with Gasteiger partial charge in [-0.1, -0.05) is 293 Å². The Balaban J connectivity index is 0.000000197. The van der Waals surface area contributed by atoms with E-state index in [1.807, 2.05) is 0 Å². The fraction of sp³-hybridized carbons (Fsp3) is 0.101. The van der Waals surface area contributed by atoms with E-state index in [9.17, 15) is 25.2 Å². The second kappa shape index (κ2) is 30.9. The van der Waals surface area contributed by atoms with Crippen molar-refractivity contribution in [3.05, 3.63) is 332 Å². The first-order chi connectivity index (χ1) is 38.2. The van der Waals surface area contributed by atoms with Crippen molar-refractivity contribution in [2.24, 2.45) is 0 Å². The molecule has 2 aliphatic carbocycles. The SMILES string of the molecule is C=C=C(C(=C(c1ccccc1)c1ccccc1)[Si](C)(C)C)N(CC)CC.F[P-](F)(F)(F)(F)F.[CH]1[CH][C]2C=CC=C[C]2[CH]1.[Ru+2].c1ccc(P(c2ccccc2)c2ccccc2)cc1.c1ccc(P(c2ccccc2)c2ccccc2)cc1. The molecule has 2 aliphatic rings. The Morgan fingerprint density at radius 1 is 0.432 bits per heavy atom. The van der Waals surface area contributed by atoms with Crippen LogP contribution in [0.15, 0.2) is 290 Å². The molecule has 1 fully saturated rings. The van der Waals surface area contributed by atoms with E-state index in [0.717, 1.165) is 18.8 Å². The molecule has 0 saturated heterocycles. The zero-order chi connectivity index (χ0) is 57.5. The molecule has 10 rings (SSSR count). The van der Waals surface area contributed by atoms with E-state index < -0.39 is 31.7 Å². The predicted molar refractivity (Wildman–Crippen MR) is 339 cm³/mol. The monoisotopic (exact) mass is 1250 g/mol. The minimum Gasteiger partial charge on any atom is -0.0762 e. The third-order valence-corrected chi connectivity index (χ3v) is 19.1. The van der Waals surface area contributed by atoms with Crippen LogP contribution in [-0.2, 0) is 19.5 Å². The zero-order valence-corrected chi connectivity index (χ0v) is 51.6. The van der Waals surface area contributed by atoms with E-state index in [2.05, 4.69) is 337 Å². The Hall–Kier alpha value is -5.99. The van der Waals surface area contributed by atoms with Crippen LogP contribution in [0.2, 0.25) is 19.6 Å². The molecule has 81 heavy (non-hydrogen) atoms. The minimum atomic E-state index is -10.7. The van der Waals surface area contributed by atoms with Crippen LogP contribution >= 0.6 is 23.7 Å². The first-order valence-corrected chi connectivity index (χ1v) is 34.5. The molecule has 12 heteroatoms. The van der Waals surface area contributed by atoms with E-state index >= 15 is 0 Å². The summed E-state index contributed by atoms with van der Waals surface area (Å²) in [4.78, 5) is 2.38. The van der Waals surface area contributed by atoms with Gasteiger partial charge in [-0.2, -0.15) is 0 Å². The molecule has 0 aliphatic heterocycles. The van der Waals surface area contributed by atoms with Crippen molar-refractivity contribution < 1.29 is 44.7 Å². The van der Waals surface area contributed by atoms with E-state index in [0.29, 0.717) is 0 Å². The predicted octanol–water partition coefficient (Wildman–Crippen LogP) is 18.5. The van der Waals surface area contributed by atoms with Crippen LogP contribution in [0, 0.1) is 31.1 Å². The molecular weight excluding hydrogens is 1180 g/mol. The number of hydrogen-bond donors (Lipinski definition) is 0. The first kappa shape index (κ1) is 65.8. The molecule has 1 nitrogen and oxygen atoms in total. The van der Waals surface area contributed by atoms with Gasteiger partial charge in [-0.05, 0) is 103 Å². The molecule has 0 unspecified atom stereocenters. The van der Waals surface area contributed by atoms with Gasteiger partial charge in [0, 0.05) is 24.9 Å². The van der Waals surface area contributed by atoms with Crippen LogP contribution < -0.4 is 31.8 Å². The summed E-state index contributed by atoms with van der Waals surface area (Å²) in [6, 6.07) is 86.1. The summed E-state index contributed by atoms with van der Waals surface area (Å²) in [6.07, 6.45) is 14.7. The van der Waals surface area contributed by atoms with Crippen LogP contribution in [0.4, 0.5) is 25.2 Å². The maximum absolute atomic E-state index is 10.7. The molecule has 8 aromatic rings. The molecule has 0 amide bonds. The van der Waals surface area contributed by atoms with Gasteiger partial charge in [-0.3, -0.25) is 0 Å². The van der Waals surface area contributed by atoms with E-state index in [1.165, 1.54) is 65.6 Å². The van der Waals surface area contributed by atoms with Gasteiger partial charge in [0.2, 0.25) is 0 Å². The number of allylic oxidation sites excluding steroid dienone is 5. The second-order valence-electron chi connectivity index (χ2n) is 19.2. The number of likely N-dealkylation sites (N-methyl/N-ethyl adjacent to an activating group) is 1. The minimum absolute atomic E-state index is 0. The van der Waals surface area contributed by atoms with Crippen LogP contribution in [-0.4, -0.2) is 26.1 Å². The molecule has 0 spiro atoms. The molecule has 0 atom stereocenters. The third-order valence-electron chi connectivity index (χ3n) is 12.2. The standard InChI is InChI=1S/C24H31NSi.2C18H15P.C9H7.F6P.Ru/c1-7-22(25(8-2)9-3)24(26(4,5)6)23(20-16-12-10-13-17-20)21-18-14-11-15-19-21;2*1-4-10-16(11-5-1)19(17-12-6-2-7-13-17)18-14-8-3-9-15-18;1-2-5-9-7-3-6-8(9)4-1;1-7(2,3,4,5)6;/h10-19H,1,8-9H2,2-6H3;2*1-15H;1-7H;;/q;;;;-1;+2. The molecule has 1 saturated carbocycles. The van der Waals surface area contributed by atoms with Gasteiger partial charge in [-0.25, -0.2) is 0 Å². The quantitative estimate of drug-likeness (QED) is 0.0366. The van der Waals surface area contributed by atoms with E-state index in [4.69, 9.17) is 0 Å². The van der Waals surface area contributed by atoms with Crippen LogP contribution in [0.5, 0.6) is 0 Å². The van der Waals surface area contributed by atoms with Crippen molar-refractivity contribution in [1.82, 2.24) is 4.90 Å². The van der Waals surface area contributed by atoms with Gasteiger partial charge in [0.05, 0.1) is 13.8 Å². The Morgan fingerprint density at radius 3 is 0.877 bits per heavy atom. The van der Waals surface area contributed by atoms with E-state index in [1.54, 1.807) is 0 Å². The average molecular weight is 1250 g/mol. The molecule has 0 bridgehead atoms. The van der Waals surface area contributed by atoms with Crippen molar-refractivity contribution in [2.45, 2.75) is 33.5 Å². The molecule has 8 aromatic carbocycles. The summed E-state index contributed by atoms with van der Waals surface area (Å²) in [5, 5.41) is 9.81. The number of hydrogen-bond acceptors (Lipinski definition) is 1. The Kier molecular flexibility index (Phi) is 25.1. The van der Waals surface area contributed by atoms with Gasteiger partial charge in [0.25, 0.3) is 0 Å². The summed E-state index contributed by atoms with van der Waals surface area (Å²) >= 11 is 0. The molecule has 417 valence electrons. The fourth-order valence-corrected chi connectivity index (χ4v) is 15.4. The van der Waals surface area contributed by atoms with Gasteiger partial charge < -0.3 is 4.90 Å². The number of rotatable bonds is 13. The third kappa shape index (κ3) is 22.4. The number of fused-ring (bicyclic) bond motifs is 1. The van der Waals surface area contributed by atoms with Crippen molar-refractivity contribution >= 4 is 69.1 Å².